The maximum atomic E-state index is 12.9. The molecule has 0 radical (unpaired) electrons. The molecule has 1 aromatic heterocycles. The fraction of sp³-hybridized carbons (Fsp3) is 0.111. The largest absolute Gasteiger partial charge is 0.354 e. The zero-order chi connectivity index (χ0) is 16.8. The van der Waals surface area contributed by atoms with E-state index in [2.05, 4.69) is 36.5 Å². The van der Waals surface area contributed by atoms with Gasteiger partial charge < -0.3 is 10.6 Å². The first-order valence-corrected chi connectivity index (χ1v) is 8.33. The summed E-state index contributed by atoms with van der Waals surface area (Å²) < 4.78 is 13.8. The molecular formula is C18H16BrFN4. The van der Waals surface area contributed by atoms with E-state index in [1.165, 1.54) is 12.1 Å². The molecule has 3 rings (SSSR count). The van der Waals surface area contributed by atoms with Gasteiger partial charge in [-0.05, 0) is 58.2 Å². The van der Waals surface area contributed by atoms with Crippen molar-refractivity contribution >= 4 is 33.4 Å². The summed E-state index contributed by atoms with van der Waals surface area (Å²) in [5.74, 6) is 1.04. The van der Waals surface area contributed by atoms with E-state index in [0.29, 0.717) is 18.3 Å². The van der Waals surface area contributed by atoms with E-state index < -0.39 is 0 Å². The van der Waals surface area contributed by atoms with Crippen LogP contribution in [0.25, 0.3) is 0 Å². The van der Waals surface area contributed by atoms with E-state index in [1.807, 2.05) is 30.3 Å². The monoisotopic (exact) mass is 386 g/mol. The first-order chi connectivity index (χ1) is 11.7. The maximum Gasteiger partial charge on any atom is 0.224 e. The van der Waals surface area contributed by atoms with Gasteiger partial charge in [0.1, 0.15) is 11.6 Å². The maximum absolute atomic E-state index is 12.9. The van der Waals surface area contributed by atoms with Crippen LogP contribution in [0.1, 0.15) is 5.56 Å². The molecule has 0 spiro atoms. The van der Waals surface area contributed by atoms with E-state index >= 15 is 0 Å². The Morgan fingerprint density at radius 2 is 1.79 bits per heavy atom. The van der Waals surface area contributed by atoms with Gasteiger partial charge in [-0.2, -0.15) is 4.98 Å². The van der Waals surface area contributed by atoms with Crippen LogP contribution in [0, 0.1) is 5.82 Å². The predicted octanol–water partition coefficient (Wildman–Crippen LogP) is 4.78. The van der Waals surface area contributed by atoms with Crippen LogP contribution in [0.15, 0.2) is 65.3 Å². The highest BCUT2D eigenvalue weighted by Gasteiger charge is 2.02. The van der Waals surface area contributed by atoms with Gasteiger partial charge in [-0.3, -0.25) is 0 Å². The van der Waals surface area contributed by atoms with Crippen LogP contribution in [-0.4, -0.2) is 16.5 Å². The summed E-state index contributed by atoms with van der Waals surface area (Å²) in [5, 5.41) is 6.43. The number of nitrogens with one attached hydrogen (secondary N) is 2. The smallest absolute Gasteiger partial charge is 0.224 e. The van der Waals surface area contributed by atoms with E-state index in [0.717, 1.165) is 22.1 Å². The summed E-state index contributed by atoms with van der Waals surface area (Å²) in [6, 6.07) is 16.1. The average Bonchev–Trinajstić information content (AvgIpc) is 2.59. The first-order valence-electron chi connectivity index (χ1n) is 7.53. The Bertz CT molecular complexity index is 808. The average molecular weight is 387 g/mol. The summed E-state index contributed by atoms with van der Waals surface area (Å²) in [6.07, 6.45) is 2.47. The first kappa shape index (κ1) is 16.4. The highest BCUT2D eigenvalue weighted by molar-refractivity contribution is 9.10. The van der Waals surface area contributed by atoms with Crippen LogP contribution in [0.3, 0.4) is 0 Å². The molecule has 0 amide bonds. The Balaban J connectivity index is 1.59. The predicted molar refractivity (Wildman–Crippen MR) is 98.1 cm³/mol. The van der Waals surface area contributed by atoms with Crippen molar-refractivity contribution in [3.05, 3.63) is 76.6 Å². The number of nitrogens with zero attached hydrogens (tertiary/aromatic N) is 2. The van der Waals surface area contributed by atoms with E-state index in [1.54, 1.807) is 18.3 Å². The molecule has 1 heterocycles. The molecule has 2 aromatic carbocycles. The van der Waals surface area contributed by atoms with Crippen LogP contribution < -0.4 is 10.6 Å². The molecule has 4 nitrogen and oxygen atoms in total. The third-order valence-corrected chi connectivity index (χ3v) is 4.09. The van der Waals surface area contributed by atoms with Crippen molar-refractivity contribution in [2.75, 3.05) is 17.2 Å². The van der Waals surface area contributed by atoms with Gasteiger partial charge in [-0.15, -0.1) is 0 Å². The second-order valence-corrected chi connectivity index (χ2v) is 6.03. The number of hydrogen-bond acceptors (Lipinski definition) is 4. The number of halogens is 2. The topological polar surface area (TPSA) is 49.8 Å². The number of rotatable bonds is 6. The molecule has 2 N–H and O–H groups in total. The Labute approximate surface area is 148 Å². The zero-order valence-electron chi connectivity index (χ0n) is 12.8. The van der Waals surface area contributed by atoms with Crippen LogP contribution in [0.5, 0.6) is 0 Å². The lowest BCUT2D eigenvalue weighted by molar-refractivity contribution is 0.627. The van der Waals surface area contributed by atoms with Crippen LogP contribution in [0.4, 0.5) is 21.8 Å². The third kappa shape index (κ3) is 4.52. The molecule has 0 saturated carbocycles. The highest BCUT2D eigenvalue weighted by atomic mass is 79.9. The van der Waals surface area contributed by atoms with Gasteiger partial charge in [0.25, 0.3) is 0 Å². The molecular weight excluding hydrogens is 371 g/mol. The zero-order valence-corrected chi connectivity index (χ0v) is 14.4. The summed E-state index contributed by atoms with van der Waals surface area (Å²) in [4.78, 5) is 8.66. The second-order valence-electron chi connectivity index (χ2n) is 5.17. The Morgan fingerprint density at radius 3 is 2.58 bits per heavy atom. The van der Waals surface area contributed by atoms with Crippen molar-refractivity contribution in [1.29, 1.82) is 0 Å². The van der Waals surface area contributed by atoms with Crippen molar-refractivity contribution < 1.29 is 4.39 Å². The van der Waals surface area contributed by atoms with Crippen molar-refractivity contribution in [2.24, 2.45) is 0 Å². The van der Waals surface area contributed by atoms with Crippen LogP contribution in [-0.2, 0) is 6.42 Å². The van der Waals surface area contributed by atoms with E-state index in [9.17, 15) is 4.39 Å². The molecule has 0 aliphatic rings. The molecule has 0 bridgehead atoms. The van der Waals surface area contributed by atoms with Gasteiger partial charge in [-0.25, -0.2) is 9.37 Å². The van der Waals surface area contributed by atoms with Crippen LogP contribution >= 0.6 is 15.9 Å². The molecule has 0 unspecified atom stereocenters. The Kier molecular flexibility index (Phi) is 5.38. The molecule has 0 saturated heterocycles. The lowest BCUT2D eigenvalue weighted by Crippen LogP contribution is -2.08. The summed E-state index contributed by atoms with van der Waals surface area (Å²) >= 11 is 3.50. The minimum Gasteiger partial charge on any atom is -0.354 e. The second kappa shape index (κ2) is 7.88. The fourth-order valence-electron chi connectivity index (χ4n) is 2.18. The minimum absolute atomic E-state index is 0.221. The molecule has 0 aliphatic heterocycles. The number of hydrogen-bond donors (Lipinski definition) is 2. The van der Waals surface area contributed by atoms with Gasteiger partial charge in [-0.1, -0.05) is 24.3 Å². The van der Waals surface area contributed by atoms with Gasteiger partial charge >= 0.3 is 0 Å². The highest BCUT2D eigenvalue weighted by Crippen LogP contribution is 2.24. The van der Waals surface area contributed by atoms with Crippen LogP contribution in [0.2, 0.25) is 0 Å². The number of benzene rings is 2. The molecule has 3 aromatic rings. The minimum atomic E-state index is -0.221. The van der Waals surface area contributed by atoms with Gasteiger partial charge in [0, 0.05) is 17.2 Å². The van der Waals surface area contributed by atoms with Crippen molar-refractivity contribution in [1.82, 2.24) is 9.97 Å². The fourth-order valence-corrected chi connectivity index (χ4v) is 2.57. The van der Waals surface area contributed by atoms with E-state index in [-0.39, 0.29) is 5.82 Å². The molecule has 0 atom stereocenters. The van der Waals surface area contributed by atoms with Crippen molar-refractivity contribution in [3.63, 3.8) is 0 Å². The van der Waals surface area contributed by atoms with Crippen molar-refractivity contribution in [2.45, 2.75) is 6.42 Å². The normalized spacial score (nSPS) is 10.4. The third-order valence-electron chi connectivity index (χ3n) is 3.40. The Morgan fingerprint density at radius 1 is 1.00 bits per heavy atom. The number of aromatic nitrogens is 2. The number of anilines is 3. The number of para-hydroxylation sites is 1. The van der Waals surface area contributed by atoms with Gasteiger partial charge in [0.05, 0.1) is 5.69 Å². The van der Waals surface area contributed by atoms with E-state index in [4.69, 9.17) is 0 Å². The SMILES string of the molecule is Fc1ccc(CCNc2nccc(Nc3ccccc3Br)n2)cc1. The molecule has 24 heavy (non-hydrogen) atoms. The standard InChI is InChI=1S/C18H16BrFN4/c19-15-3-1-2-4-16(15)23-17-10-12-22-18(24-17)21-11-9-13-5-7-14(20)8-6-13/h1-8,10,12H,9,11H2,(H2,21,22,23,24). The van der Waals surface area contributed by atoms with Crippen molar-refractivity contribution in [3.8, 4) is 0 Å². The lowest BCUT2D eigenvalue weighted by Gasteiger charge is -2.09. The van der Waals surface area contributed by atoms with Gasteiger partial charge in [0.15, 0.2) is 0 Å². The molecule has 122 valence electrons. The summed E-state index contributed by atoms with van der Waals surface area (Å²) in [6.45, 7) is 0.671. The van der Waals surface area contributed by atoms with Gasteiger partial charge in [0.2, 0.25) is 5.95 Å². The summed E-state index contributed by atoms with van der Waals surface area (Å²) in [5.41, 5.74) is 2.00. The molecule has 0 fully saturated rings. The summed E-state index contributed by atoms with van der Waals surface area (Å²) in [7, 11) is 0. The molecule has 0 aliphatic carbocycles. The quantitative estimate of drug-likeness (QED) is 0.640. The Hall–Kier alpha value is -2.47. The lowest BCUT2D eigenvalue weighted by atomic mass is 10.1. The molecule has 6 heteroatoms.